The number of rotatable bonds is 3. The molecule has 0 saturated heterocycles. The van der Waals surface area contributed by atoms with Gasteiger partial charge in [0.15, 0.2) is 5.03 Å². The van der Waals surface area contributed by atoms with Crippen LogP contribution in [0.5, 0.6) is 0 Å². The minimum Gasteiger partial charge on any atom is -1.00 e. The molecule has 1 heterocycles. The van der Waals surface area contributed by atoms with E-state index < -0.39 is 10.1 Å². The van der Waals surface area contributed by atoms with Crippen LogP contribution in [-0.2, 0) is 14.3 Å². The standard InChI is InChI=1S/C7H9NO3S.Na.H/c1-2-11-12(9,10)7-5-3-4-6-8-7;;/h3-6H,2H2,1H3;;/q;+1;-1. The molecule has 1 aromatic heterocycles. The van der Waals surface area contributed by atoms with Gasteiger partial charge in [0.05, 0.1) is 6.61 Å². The summed E-state index contributed by atoms with van der Waals surface area (Å²) in [6.45, 7) is 1.74. The third-order valence-corrected chi connectivity index (χ3v) is 2.47. The van der Waals surface area contributed by atoms with Gasteiger partial charge in [-0.1, -0.05) is 6.07 Å². The van der Waals surface area contributed by atoms with Crippen molar-refractivity contribution in [3.63, 3.8) is 0 Å². The molecule has 0 spiro atoms. The van der Waals surface area contributed by atoms with Crippen molar-refractivity contribution in [1.82, 2.24) is 4.98 Å². The second-order valence-electron chi connectivity index (χ2n) is 2.03. The van der Waals surface area contributed by atoms with Gasteiger partial charge in [-0.25, -0.2) is 4.98 Å². The van der Waals surface area contributed by atoms with Gasteiger partial charge in [-0.05, 0) is 19.1 Å². The van der Waals surface area contributed by atoms with Crippen molar-refractivity contribution in [3.8, 4) is 0 Å². The van der Waals surface area contributed by atoms with E-state index in [-0.39, 0.29) is 42.6 Å². The van der Waals surface area contributed by atoms with Gasteiger partial charge in [-0.2, -0.15) is 8.42 Å². The van der Waals surface area contributed by atoms with Gasteiger partial charge in [-0.3, -0.25) is 4.18 Å². The van der Waals surface area contributed by atoms with Crippen molar-refractivity contribution >= 4 is 10.1 Å². The van der Waals surface area contributed by atoms with Crippen LogP contribution >= 0.6 is 0 Å². The fourth-order valence-corrected chi connectivity index (χ4v) is 1.58. The first-order valence-electron chi connectivity index (χ1n) is 3.47. The van der Waals surface area contributed by atoms with E-state index in [9.17, 15) is 8.42 Å². The SMILES string of the molecule is CCOS(=O)(=O)c1ccccn1.[H-].[Na+]. The van der Waals surface area contributed by atoms with Crippen LogP contribution in [0.4, 0.5) is 0 Å². The van der Waals surface area contributed by atoms with E-state index in [1.165, 1.54) is 12.3 Å². The van der Waals surface area contributed by atoms with Crippen LogP contribution in [0.25, 0.3) is 0 Å². The van der Waals surface area contributed by atoms with Crippen molar-refractivity contribution in [3.05, 3.63) is 24.4 Å². The Hall–Kier alpha value is 0.0600. The maximum absolute atomic E-state index is 11.1. The summed E-state index contributed by atoms with van der Waals surface area (Å²) in [5.74, 6) is 0. The van der Waals surface area contributed by atoms with Crippen molar-refractivity contribution in [2.75, 3.05) is 6.61 Å². The van der Waals surface area contributed by atoms with Crippen molar-refractivity contribution in [1.29, 1.82) is 0 Å². The predicted octanol–water partition coefficient (Wildman–Crippen LogP) is -2.08. The monoisotopic (exact) mass is 211 g/mol. The Labute approximate surface area is 101 Å². The zero-order chi connectivity index (χ0) is 9.03. The Bertz CT molecular complexity index is 343. The summed E-state index contributed by atoms with van der Waals surface area (Å²) in [6.07, 6.45) is 1.41. The van der Waals surface area contributed by atoms with Crippen LogP contribution in [-0.4, -0.2) is 20.0 Å². The Balaban J connectivity index is 0. The summed E-state index contributed by atoms with van der Waals surface area (Å²) >= 11 is 0. The average Bonchev–Trinajstić information content (AvgIpc) is 2.06. The van der Waals surface area contributed by atoms with Crippen LogP contribution in [0.2, 0.25) is 0 Å². The predicted molar refractivity (Wildman–Crippen MR) is 44.2 cm³/mol. The van der Waals surface area contributed by atoms with Crippen LogP contribution < -0.4 is 29.6 Å². The third-order valence-electron chi connectivity index (χ3n) is 1.17. The topological polar surface area (TPSA) is 56.3 Å². The molecule has 0 aliphatic carbocycles. The van der Waals surface area contributed by atoms with E-state index in [0.717, 1.165) is 0 Å². The van der Waals surface area contributed by atoms with E-state index in [0.29, 0.717) is 0 Å². The average molecular weight is 211 g/mol. The molecule has 68 valence electrons. The molecule has 0 N–H and O–H groups in total. The number of aromatic nitrogens is 1. The quantitative estimate of drug-likeness (QED) is 0.425. The molecule has 0 bridgehead atoms. The number of hydrogen-bond donors (Lipinski definition) is 0. The molecule has 0 unspecified atom stereocenters. The third kappa shape index (κ3) is 3.74. The fourth-order valence-electron chi connectivity index (χ4n) is 0.710. The second kappa shape index (κ2) is 5.72. The normalized spacial score (nSPS) is 10.5. The molecule has 0 aliphatic heterocycles. The molecular weight excluding hydrogens is 201 g/mol. The van der Waals surface area contributed by atoms with Crippen molar-refractivity contribution < 1.29 is 43.6 Å². The van der Waals surface area contributed by atoms with Gasteiger partial charge in [-0.15, -0.1) is 0 Å². The van der Waals surface area contributed by atoms with Gasteiger partial charge in [0.1, 0.15) is 0 Å². The van der Waals surface area contributed by atoms with Crippen LogP contribution in [0.15, 0.2) is 29.4 Å². The summed E-state index contributed by atoms with van der Waals surface area (Å²) in [4.78, 5) is 3.66. The van der Waals surface area contributed by atoms with Crippen molar-refractivity contribution in [2.24, 2.45) is 0 Å². The Morgan fingerprint density at radius 3 is 2.69 bits per heavy atom. The minimum atomic E-state index is -3.62. The summed E-state index contributed by atoms with van der Waals surface area (Å²) in [7, 11) is -3.62. The van der Waals surface area contributed by atoms with Crippen LogP contribution in [0, 0.1) is 0 Å². The molecule has 1 aromatic rings. The molecule has 0 atom stereocenters. The van der Waals surface area contributed by atoms with Crippen LogP contribution in [0.3, 0.4) is 0 Å². The fraction of sp³-hybridized carbons (Fsp3) is 0.286. The zero-order valence-corrected chi connectivity index (χ0v) is 10.4. The van der Waals surface area contributed by atoms with Crippen molar-refractivity contribution in [2.45, 2.75) is 11.9 Å². The molecule has 4 nitrogen and oxygen atoms in total. The summed E-state index contributed by atoms with van der Waals surface area (Å²) in [5, 5.41) is -0.0492. The molecule has 0 radical (unpaired) electrons. The minimum absolute atomic E-state index is 0. The molecule has 0 amide bonds. The van der Waals surface area contributed by atoms with Gasteiger partial charge in [0.2, 0.25) is 0 Å². The van der Waals surface area contributed by atoms with E-state index in [1.54, 1.807) is 19.1 Å². The molecule has 0 fully saturated rings. The Kier molecular flexibility index (Phi) is 5.75. The molecule has 0 aliphatic rings. The summed E-state index contributed by atoms with van der Waals surface area (Å²) in [6, 6.07) is 4.63. The van der Waals surface area contributed by atoms with E-state index >= 15 is 0 Å². The molecule has 13 heavy (non-hydrogen) atoms. The molecule has 0 saturated carbocycles. The maximum Gasteiger partial charge on any atom is 1.00 e. The second-order valence-corrected chi connectivity index (χ2v) is 3.59. The first-order valence-corrected chi connectivity index (χ1v) is 4.88. The number of pyridine rings is 1. The van der Waals surface area contributed by atoms with Gasteiger partial charge < -0.3 is 1.43 Å². The number of nitrogens with zero attached hydrogens (tertiary/aromatic N) is 1. The Morgan fingerprint density at radius 2 is 2.23 bits per heavy atom. The molecule has 1 rings (SSSR count). The first kappa shape index (κ1) is 13.1. The zero-order valence-electron chi connectivity index (χ0n) is 8.60. The Morgan fingerprint density at radius 1 is 1.54 bits per heavy atom. The maximum atomic E-state index is 11.1. The van der Waals surface area contributed by atoms with E-state index in [4.69, 9.17) is 0 Å². The van der Waals surface area contributed by atoms with Gasteiger partial charge in [0.25, 0.3) is 0 Å². The largest absolute Gasteiger partial charge is 1.00 e. The van der Waals surface area contributed by atoms with Crippen LogP contribution in [0.1, 0.15) is 8.35 Å². The smallest absolute Gasteiger partial charge is 1.00 e. The summed E-state index contributed by atoms with van der Waals surface area (Å²) in [5.41, 5.74) is 0. The summed E-state index contributed by atoms with van der Waals surface area (Å²) < 4.78 is 26.8. The molecule has 6 heteroatoms. The first-order chi connectivity index (χ1) is 5.67. The van der Waals surface area contributed by atoms with E-state index in [1.807, 2.05) is 0 Å². The number of hydrogen-bond acceptors (Lipinski definition) is 4. The molecule has 0 aromatic carbocycles. The van der Waals surface area contributed by atoms with E-state index in [2.05, 4.69) is 9.17 Å². The van der Waals surface area contributed by atoms with Gasteiger partial charge in [0, 0.05) is 6.20 Å². The van der Waals surface area contributed by atoms with Gasteiger partial charge >= 0.3 is 39.7 Å². The molecular formula is C7H10NNaO3S.